The Kier molecular flexibility index (Phi) is 4.25. The first-order valence-electron chi connectivity index (χ1n) is 5.99. The van der Waals surface area contributed by atoms with Gasteiger partial charge in [-0.05, 0) is 48.8 Å². The third-order valence-electron chi connectivity index (χ3n) is 2.93. The number of rotatable bonds is 4. The summed E-state index contributed by atoms with van der Waals surface area (Å²) in [5, 5.41) is 14.7. The fourth-order valence-corrected chi connectivity index (χ4v) is 3.29. The molecule has 1 unspecified atom stereocenters. The van der Waals surface area contributed by atoms with Gasteiger partial charge in [-0.2, -0.15) is 5.10 Å². The number of hydrogen-bond acceptors (Lipinski definition) is 3. The van der Waals surface area contributed by atoms with Crippen LogP contribution in [-0.2, 0) is 13.0 Å². The molecule has 98 valence electrons. The van der Waals surface area contributed by atoms with Crippen LogP contribution in [-0.4, -0.2) is 14.9 Å². The average molecular weight is 329 g/mol. The summed E-state index contributed by atoms with van der Waals surface area (Å²) in [6.45, 7) is 6.90. The van der Waals surface area contributed by atoms with Crippen LogP contribution in [0.3, 0.4) is 0 Å². The summed E-state index contributed by atoms with van der Waals surface area (Å²) in [6, 6.07) is 4.04. The number of aliphatic hydroxyl groups excluding tert-OH is 1. The van der Waals surface area contributed by atoms with Crippen molar-refractivity contribution in [2.24, 2.45) is 0 Å². The molecule has 1 atom stereocenters. The van der Waals surface area contributed by atoms with Gasteiger partial charge in [0.1, 0.15) is 0 Å². The largest absolute Gasteiger partial charge is 0.387 e. The first-order valence-corrected chi connectivity index (χ1v) is 7.60. The molecule has 0 spiro atoms. The predicted octanol–water partition coefficient (Wildman–Crippen LogP) is 3.62. The van der Waals surface area contributed by atoms with Gasteiger partial charge in [-0.25, -0.2) is 0 Å². The third kappa shape index (κ3) is 2.68. The molecule has 2 aromatic rings. The van der Waals surface area contributed by atoms with Crippen LogP contribution in [0.2, 0.25) is 0 Å². The monoisotopic (exact) mass is 328 g/mol. The normalized spacial score (nSPS) is 12.9. The zero-order valence-corrected chi connectivity index (χ0v) is 13.2. The second-order valence-electron chi connectivity index (χ2n) is 4.33. The van der Waals surface area contributed by atoms with Crippen LogP contribution >= 0.6 is 27.3 Å². The minimum atomic E-state index is -0.457. The van der Waals surface area contributed by atoms with E-state index >= 15 is 0 Å². The maximum atomic E-state index is 10.3. The Hall–Kier alpha value is -0.650. The Balaban J connectivity index is 2.23. The lowest BCUT2D eigenvalue weighted by atomic mass is 10.1. The average Bonchev–Trinajstić information content (AvgIpc) is 2.88. The summed E-state index contributed by atoms with van der Waals surface area (Å²) < 4.78 is 2.96. The molecule has 0 saturated carbocycles. The van der Waals surface area contributed by atoms with Crippen LogP contribution in [0.1, 0.15) is 34.2 Å². The van der Waals surface area contributed by atoms with Gasteiger partial charge in [0.25, 0.3) is 0 Å². The summed E-state index contributed by atoms with van der Waals surface area (Å²) in [4.78, 5) is 2.24. The molecule has 0 aliphatic carbocycles. The number of hydrogen-bond donors (Lipinski definition) is 1. The number of nitrogens with zero attached hydrogens (tertiary/aromatic N) is 2. The lowest BCUT2D eigenvalue weighted by molar-refractivity contribution is 0.179. The van der Waals surface area contributed by atoms with E-state index in [9.17, 15) is 5.11 Å². The van der Waals surface area contributed by atoms with Crippen molar-refractivity contribution in [1.82, 2.24) is 9.78 Å². The predicted molar refractivity (Wildman–Crippen MR) is 78.1 cm³/mol. The summed E-state index contributed by atoms with van der Waals surface area (Å²) in [5.41, 5.74) is 2.04. The zero-order valence-electron chi connectivity index (χ0n) is 10.8. The molecule has 5 heteroatoms. The van der Waals surface area contributed by atoms with Crippen molar-refractivity contribution in [1.29, 1.82) is 0 Å². The van der Waals surface area contributed by atoms with Crippen LogP contribution in [0.25, 0.3) is 0 Å². The molecule has 3 nitrogen and oxygen atoms in total. The van der Waals surface area contributed by atoms with Crippen molar-refractivity contribution in [3.63, 3.8) is 0 Å². The molecule has 18 heavy (non-hydrogen) atoms. The van der Waals surface area contributed by atoms with E-state index in [2.05, 4.69) is 34.9 Å². The molecular weight excluding hydrogens is 312 g/mol. The van der Waals surface area contributed by atoms with E-state index in [1.165, 1.54) is 4.88 Å². The molecular formula is C13H17BrN2OS. The Labute approximate surface area is 120 Å². The van der Waals surface area contributed by atoms with Gasteiger partial charge in [-0.15, -0.1) is 11.3 Å². The first-order chi connectivity index (χ1) is 8.52. The lowest BCUT2D eigenvalue weighted by Crippen LogP contribution is -2.08. The SMILES string of the molecule is CCn1nc(C)c(Br)c1CC(O)c1ccc(C)s1. The smallest absolute Gasteiger partial charge is 0.0937 e. The molecule has 0 bridgehead atoms. The lowest BCUT2D eigenvalue weighted by Gasteiger charge is -2.10. The molecule has 0 aromatic carbocycles. The first kappa shape index (κ1) is 13.8. The van der Waals surface area contributed by atoms with Gasteiger partial charge in [-0.3, -0.25) is 4.68 Å². The second-order valence-corrected chi connectivity index (χ2v) is 6.44. The molecule has 0 fully saturated rings. The molecule has 2 rings (SSSR count). The third-order valence-corrected chi connectivity index (χ3v) is 5.06. The molecule has 0 aliphatic heterocycles. The van der Waals surface area contributed by atoms with E-state index in [0.717, 1.165) is 27.3 Å². The highest BCUT2D eigenvalue weighted by Gasteiger charge is 2.18. The van der Waals surface area contributed by atoms with Crippen LogP contribution in [0.5, 0.6) is 0 Å². The fourth-order valence-electron chi connectivity index (χ4n) is 1.98. The van der Waals surface area contributed by atoms with Crippen molar-refractivity contribution >= 4 is 27.3 Å². The van der Waals surface area contributed by atoms with Gasteiger partial charge in [-0.1, -0.05) is 0 Å². The van der Waals surface area contributed by atoms with Gasteiger partial charge in [0.05, 0.1) is 22.0 Å². The number of halogens is 1. The molecule has 0 aliphatic rings. The van der Waals surface area contributed by atoms with Gasteiger partial charge in [0.2, 0.25) is 0 Å². The molecule has 0 radical (unpaired) electrons. The van der Waals surface area contributed by atoms with Crippen molar-refractivity contribution in [3.05, 3.63) is 37.7 Å². The topological polar surface area (TPSA) is 38.0 Å². The van der Waals surface area contributed by atoms with Crippen molar-refractivity contribution < 1.29 is 5.11 Å². The highest BCUT2D eigenvalue weighted by molar-refractivity contribution is 9.10. The molecule has 2 heterocycles. The van der Waals surface area contributed by atoms with Gasteiger partial charge in [0, 0.05) is 22.7 Å². The van der Waals surface area contributed by atoms with Crippen molar-refractivity contribution in [2.45, 2.75) is 39.8 Å². The molecule has 2 aromatic heterocycles. The second kappa shape index (κ2) is 5.55. The highest BCUT2D eigenvalue weighted by atomic mass is 79.9. The number of aliphatic hydroxyl groups is 1. The van der Waals surface area contributed by atoms with E-state index in [1.54, 1.807) is 11.3 Å². The Morgan fingerprint density at radius 2 is 2.17 bits per heavy atom. The fraction of sp³-hybridized carbons (Fsp3) is 0.462. The molecule has 0 amide bonds. The van der Waals surface area contributed by atoms with E-state index < -0.39 is 6.10 Å². The summed E-state index contributed by atoms with van der Waals surface area (Å²) >= 11 is 5.20. The number of thiophene rings is 1. The van der Waals surface area contributed by atoms with Crippen LogP contribution in [0, 0.1) is 13.8 Å². The summed E-state index contributed by atoms with van der Waals surface area (Å²) in [6.07, 6.45) is 0.135. The highest BCUT2D eigenvalue weighted by Crippen LogP contribution is 2.29. The van der Waals surface area contributed by atoms with Crippen LogP contribution in [0.15, 0.2) is 16.6 Å². The summed E-state index contributed by atoms with van der Waals surface area (Å²) in [7, 11) is 0. The maximum Gasteiger partial charge on any atom is 0.0937 e. The number of aromatic nitrogens is 2. The van der Waals surface area contributed by atoms with E-state index in [4.69, 9.17) is 0 Å². The van der Waals surface area contributed by atoms with Crippen LogP contribution < -0.4 is 0 Å². The minimum Gasteiger partial charge on any atom is -0.387 e. The Bertz CT molecular complexity index is 547. The maximum absolute atomic E-state index is 10.3. The van der Waals surface area contributed by atoms with E-state index in [-0.39, 0.29) is 0 Å². The van der Waals surface area contributed by atoms with Crippen LogP contribution in [0.4, 0.5) is 0 Å². The Morgan fingerprint density at radius 1 is 1.44 bits per heavy atom. The van der Waals surface area contributed by atoms with E-state index in [1.807, 2.05) is 23.7 Å². The standard InChI is InChI=1S/C13H17BrN2OS/c1-4-16-10(13(14)9(3)15-16)7-11(17)12-6-5-8(2)18-12/h5-6,11,17H,4,7H2,1-3H3. The van der Waals surface area contributed by atoms with Gasteiger partial charge < -0.3 is 5.11 Å². The Morgan fingerprint density at radius 3 is 2.72 bits per heavy atom. The zero-order chi connectivity index (χ0) is 13.3. The molecule has 1 N–H and O–H groups in total. The quantitative estimate of drug-likeness (QED) is 0.930. The molecule has 0 saturated heterocycles. The van der Waals surface area contributed by atoms with Gasteiger partial charge in [0.15, 0.2) is 0 Å². The van der Waals surface area contributed by atoms with Gasteiger partial charge >= 0.3 is 0 Å². The summed E-state index contributed by atoms with van der Waals surface area (Å²) in [5.74, 6) is 0. The van der Waals surface area contributed by atoms with Crippen molar-refractivity contribution in [3.8, 4) is 0 Å². The number of aryl methyl sites for hydroxylation is 3. The van der Waals surface area contributed by atoms with Crippen molar-refractivity contribution in [2.75, 3.05) is 0 Å². The van der Waals surface area contributed by atoms with E-state index in [0.29, 0.717) is 6.42 Å². The minimum absolute atomic E-state index is 0.457.